The first-order valence-corrected chi connectivity index (χ1v) is 8.05. The first-order valence-electron chi connectivity index (χ1n) is 7.24. The second-order valence-corrected chi connectivity index (χ2v) is 7.08. The van der Waals surface area contributed by atoms with Gasteiger partial charge in [0, 0.05) is 24.0 Å². The van der Waals surface area contributed by atoms with E-state index >= 15 is 0 Å². The molecule has 3 rings (SSSR count). The summed E-state index contributed by atoms with van der Waals surface area (Å²) in [6, 6.07) is 7.55. The standard InChI is InChI=1S/C16H20N2O2S/c1-18(10-16(20)6-2-3-7-16)15(19)14-9-11-8-12(17)4-5-13(11)21-14/h4-5,8-9,20H,2-3,6-7,10,17H2,1H3. The van der Waals surface area contributed by atoms with Crippen LogP contribution in [0.5, 0.6) is 0 Å². The Balaban J connectivity index is 1.79. The maximum absolute atomic E-state index is 12.5. The molecule has 1 aliphatic carbocycles. The molecule has 1 amide bonds. The van der Waals surface area contributed by atoms with E-state index in [2.05, 4.69) is 0 Å². The third kappa shape index (κ3) is 2.89. The van der Waals surface area contributed by atoms with Gasteiger partial charge in [0.2, 0.25) is 0 Å². The lowest BCUT2D eigenvalue weighted by Gasteiger charge is -2.28. The molecule has 3 N–H and O–H groups in total. The monoisotopic (exact) mass is 304 g/mol. The number of thiophene rings is 1. The minimum absolute atomic E-state index is 0.0323. The van der Waals surface area contributed by atoms with Crippen molar-refractivity contribution in [3.8, 4) is 0 Å². The molecule has 0 aliphatic heterocycles. The van der Waals surface area contributed by atoms with Gasteiger partial charge in [0.1, 0.15) is 0 Å². The number of nitrogen functional groups attached to an aromatic ring is 1. The van der Waals surface area contributed by atoms with Crippen molar-refractivity contribution < 1.29 is 9.90 Å². The first kappa shape index (κ1) is 14.4. The molecular weight excluding hydrogens is 284 g/mol. The second kappa shape index (κ2) is 5.31. The van der Waals surface area contributed by atoms with Crippen LogP contribution >= 0.6 is 11.3 Å². The van der Waals surface area contributed by atoms with E-state index in [1.807, 2.05) is 24.3 Å². The lowest BCUT2D eigenvalue weighted by atomic mass is 10.0. The summed E-state index contributed by atoms with van der Waals surface area (Å²) in [5.41, 5.74) is 5.77. The summed E-state index contributed by atoms with van der Waals surface area (Å²) >= 11 is 1.47. The van der Waals surface area contributed by atoms with Crippen LogP contribution in [0.3, 0.4) is 0 Å². The quantitative estimate of drug-likeness (QED) is 0.857. The number of benzene rings is 1. The molecule has 1 saturated carbocycles. The van der Waals surface area contributed by atoms with Gasteiger partial charge in [-0.05, 0) is 42.5 Å². The van der Waals surface area contributed by atoms with Gasteiger partial charge in [0.05, 0.1) is 10.5 Å². The fraction of sp³-hybridized carbons (Fsp3) is 0.438. The maximum Gasteiger partial charge on any atom is 0.263 e. The van der Waals surface area contributed by atoms with Crippen molar-refractivity contribution >= 4 is 33.0 Å². The second-order valence-electron chi connectivity index (χ2n) is 6.00. The minimum atomic E-state index is -0.703. The zero-order valence-electron chi connectivity index (χ0n) is 12.1. The molecule has 0 unspecified atom stereocenters. The van der Waals surface area contributed by atoms with Crippen molar-refractivity contribution in [1.82, 2.24) is 4.90 Å². The van der Waals surface area contributed by atoms with E-state index in [0.29, 0.717) is 17.1 Å². The molecule has 1 heterocycles. The summed E-state index contributed by atoms with van der Waals surface area (Å²) in [6.07, 6.45) is 3.66. The number of nitrogens with two attached hydrogens (primary N) is 1. The average molecular weight is 304 g/mol. The Morgan fingerprint density at radius 1 is 1.38 bits per heavy atom. The maximum atomic E-state index is 12.5. The third-order valence-corrected chi connectivity index (χ3v) is 5.27. The average Bonchev–Trinajstić information content (AvgIpc) is 3.03. The fourth-order valence-electron chi connectivity index (χ4n) is 3.06. The van der Waals surface area contributed by atoms with Crippen LogP contribution in [-0.2, 0) is 0 Å². The summed E-state index contributed by atoms with van der Waals surface area (Å²) in [7, 11) is 1.76. The Bertz CT molecular complexity index is 674. The van der Waals surface area contributed by atoms with Gasteiger partial charge in [-0.3, -0.25) is 4.79 Å². The summed E-state index contributed by atoms with van der Waals surface area (Å²) < 4.78 is 1.06. The smallest absolute Gasteiger partial charge is 0.263 e. The molecule has 0 atom stereocenters. The van der Waals surface area contributed by atoms with Gasteiger partial charge in [-0.2, -0.15) is 0 Å². The molecule has 0 saturated heterocycles. The van der Waals surface area contributed by atoms with Crippen molar-refractivity contribution in [2.45, 2.75) is 31.3 Å². The molecule has 0 spiro atoms. The summed E-state index contributed by atoms with van der Waals surface area (Å²) in [5, 5.41) is 11.4. The molecule has 2 aromatic rings. The van der Waals surface area contributed by atoms with E-state index in [1.54, 1.807) is 11.9 Å². The van der Waals surface area contributed by atoms with E-state index in [0.717, 1.165) is 35.8 Å². The van der Waals surface area contributed by atoms with Crippen LogP contribution in [-0.4, -0.2) is 35.1 Å². The highest BCUT2D eigenvalue weighted by molar-refractivity contribution is 7.20. The Kier molecular flexibility index (Phi) is 3.63. The van der Waals surface area contributed by atoms with Gasteiger partial charge < -0.3 is 15.7 Å². The Hall–Kier alpha value is -1.59. The normalized spacial score (nSPS) is 17.2. The van der Waals surface area contributed by atoms with Crippen molar-refractivity contribution in [2.24, 2.45) is 0 Å². The number of amides is 1. The predicted octanol–water partition coefficient (Wildman–Crippen LogP) is 2.86. The van der Waals surface area contributed by atoms with Crippen LogP contribution in [0.4, 0.5) is 5.69 Å². The van der Waals surface area contributed by atoms with Crippen LogP contribution < -0.4 is 5.73 Å². The van der Waals surface area contributed by atoms with Crippen LogP contribution in [0.1, 0.15) is 35.4 Å². The summed E-state index contributed by atoms with van der Waals surface area (Å²) in [4.78, 5) is 14.9. The molecule has 1 aliphatic rings. The van der Waals surface area contributed by atoms with Gasteiger partial charge in [0.25, 0.3) is 5.91 Å². The number of fused-ring (bicyclic) bond motifs is 1. The van der Waals surface area contributed by atoms with Crippen molar-refractivity contribution in [3.05, 3.63) is 29.1 Å². The number of likely N-dealkylation sites (N-methyl/N-ethyl adjacent to an activating group) is 1. The largest absolute Gasteiger partial charge is 0.399 e. The van der Waals surface area contributed by atoms with E-state index < -0.39 is 5.60 Å². The van der Waals surface area contributed by atoms with E-state index in [1.165, 1.54) is 11.3 Å². The van der Waals surface area contributed by atoms with Crippen molar-refractivity contribution in [2.75, 3.05) is 19.3 Å². The minimum Gasteiger partial charge on any atom is -0.399 e. The molecule has 112 valence electrons. The first-order chi connectivity index (χ1) is 9.97. The van der Waals surface area contributed by atoms with Crippen molar-refractivity contribution in [3.63, 3.8) is 0 Å². The number of hydrogen-bond acceptors (Lipinski definition) is 4. The lowest BCUT2D eigenvalue weighted by Crippen LogP contribution is -2.41. The summed E-state index contributed by atoms with van der Waals surface area (Å²) in [5.74, 6) is -0.0323. The zero-order chi connectivity index (χ0) is 15.0. The highest BCUT2D eigenvalue weighted by Gasteiger charge is 2.33. The van der Waals surface area contributed by atoms with Crippen LogP contribution in [0, 0.1) is 0 Å². The Morgan fingerprint density at radius 3 is 2.81 bits per heavy atom. The van der Waals surface area contributed by atoms with Gasteiger partial charge in [0.15, 0.2) is 0 Å². The highest BCUT2D eigenvalue weighted by Crippen LogP contribution is 2.32. The van der Waals surface area contributed by atoms with Crippen molar-refractivity contribution in [1.29, 1.82) is 0 Å². The van der Waals surface area contributed by atoms with Gasteiger partial charge in [-0.1, -0.05) is 12.8 Å². The number of rotatable bonds is 3. The number of aliphatic hydroxyl groups is 1. The summed E-state index contributed by atoms with van der Waals surface area (Å²) in [6.45, 7) is 0.405. The number of carbonyl (C=O) groups is 1. The SMILES string of the molecule is CN(CC1(O)CCCC1)C(=O)c1cc2cc(N)ccc2s1. The lowest BCUT2D eigenvalue weighted by molar-refractivity contribution is 0.0158. The van der Waals surface area contributed by atoms with Crippen LogP contribution in [0.25, 0.3) is 10.1 Å². The zero-order valence-corrected chi connectivity index (χ0v) is 12.9. The predicted molar refractivity (Wildman–Crippen MR) is 86.6 cm³/mol. The van der Waals surface area contributed by atoms with Crippen LogP contribution in [0.15, 0.2) is 24.3 Å². The molecule has 1 aromatic heterocycles. The fourth-order valence-corrected chi connectivity index (χ4v) is 4.10. The van der Waals surface area contributed by atoms with Gasteiger partial charge in [-0.15, -0.1) is 11.3 Å². The van der Waals surface area contributed by atoms with Gasteiger partial charge in [-0.25, -0.2) is 0 Å². The van der Waals surface area contributed by atoms with E-state index in [4.69, 9.17) is 5.73 Å². The van der Waals surface area contributed by atoms with E-state index in [9.17, 15) is 9.90 Å². The highest BCUT2D eigenvalue weighted by atomic mass is 32.1. The number of carbonyl (C=O) groups excluding carboxylic acids is 1. The number of anilines is 1. The molecule has 21 heavy (non-hydrogen) atoms. The van der Waals surface area contributed by atoms with Crippen LogP contribution in [0.2, 0.25) is 0 Å². The Morgan fingerprint density at radius 2 is 2.10 bits per heavy atom. The molecule has 5 heteroatoms. The molecule has 1 fully saturated rings. The van der Waals surface area contributed by atoms with Gasteiger partial charge >= 0.3 is 0 Å². The Labute approximate surface area is 128 Å². The molecular formula is C16H20N2O2S. The number of nitrogens with zero attached hydrogens (tertiary/aromatic N) is 1. The molecule has 0 bridgehead atoms. The third-order valence-electron chi connectivity index (χ3n) is 4.16. The molecule has 4 nitrogen and oxygen atoms in total. The topological polar surface area (TPSA) is 66.6 Å². The molecule has 0 radical (unpaired) electrons. The number of hydrogen-bond donors (Lipinski definition) is 2. The molecule has 1 aromatic carbocycles. The van der Waals surface area contributed by atoms with E-state index in [-0.39, 0.29) is 5.91 Å².